The van der Waals surface area contributed by atoms with E-state index in [1.165, 1.54) is 12.8 Å². The number of hydrogen-bond donors (Lipinski definition) is 1. The summed E-state index contributed by atoms with van der Waals surface area (Å²) in [6.45, 7) is 5.20. The molecule has 0 aromatic rings. The Labute approximate surface area is 125 Å². The number of carbonyl (C=O) groups excluding carboxylic acids is 3. The van der Waals surface area contributed by atoms with E-state index in [0.717, 1.165) is 11.5 Å². The monoisotopic (exact) mass is 296 g/mol. The highest BCUT2D eigenvalue weighted by Gasteiger charge is 2.51. The fourth-order valence-electron chi connectivity index (χ4n) is 2.67. The maximum Gasteiger partial charge on any atom is 0.330 e. The van der Waals surface area contributed by atoms with Crippen LogP contribution in [0, 0.1) is 11.3 Å². The van der Waals surface area contributed by atoms with Crippen LogP contribution in [0.5, 0.6) is 0 Å². The van der Waals surface area contributed by atoms with Gasteiger partial charge in [-0.25, -0.2) is 4.79 Å². The van der Waals surface area contributed by atoms with Crippen molar-refractivity contribution in [2.45, 2.75) is 46.0 Å². The van der Waals surface area contributed by atoms with E-state index in [1.54, 1.807) is 13.8 Å². The number of ether oxygens (including phenoxy) is 1. The largest absolute Gasteiger partial charge is 0.381 e. The maximum atomic E-state index is 12.5. The molecule has 2 rings (SSSR count). The molecule has 2 aliphatic rings. The fourth-order valence-corrected chi connectivity index (χ4v) is 2.67. The minimum absolute atomic E-state index is 0.296. The summed E-state index contributed by atoms with van der Waals surface area (Å²) in [5, 5.41) is 2.31. The predicted octanol–water partition coefficient (Wildman–Crippen LogP) is 1.69. The number of imide groups is 2. The highest BCUT2D eigenvalue weighted by Crippen LogP contribution is 2.32. The lowest BCUT2D eigenvalue weighted by Crippen LogP contribution is -2.63. The topological polar surface area (TPSA) is 75.7 Å². The molecule has 0 unspecified atom stereocenters. The van der Waals surface area contributed by atoms with Gasteiger partial charge in [0.25, 0.3) is 0 Å². The van der Waals surface area contributed by atoms with Gasteiger partial charge in [-0.2, -0.15) is 0 Å². The van der Waals surface area contributed by atoms with Crippen molar-refractivity contribution in [3.05, 3.63) is 0 Å². The van der Waals surface area contributed by atoms with Gasteiger partial charge in [0.1, 0.15) is 5.41 Å². The Morgan fingerprint density at radius 3 is 2.48 bits per heavy atom. The molecule has 1 heterocycles. The van der Waals surface area contributed by atoms with Gasteiger partial charge in [0.2, 0.25) is 11.8 Å². The molecule has 1 N–H and O–H groups in total. The van der Waals surface area contributed by atoms with E-state index in [1.807, 2.05) is 0 Å². The molecule has 1 aliphatic heterocycles. The van der Waals surface area contributed by atoms with Crippen LogP contribution in [-0.2, 0) is 14.3 Å². The van der Waals surface area contributed by atoms with Crippen LogP contribution in [0.3, 0.4) is 0 Å². The van der Waals surface area contributed by atoms with E-state index in [4.69, 9.17) is 4.74 Å². The van der Waals surface area contributed by atoms with Crippen molar-refractivity contribution in [3.63, 3.8) is 0 Å². The Morgan fingerprint density at radius 1 is 1.24 bits per heavy atom. The van der Waals surface area contributed by atoms with Crippen molar-refractivity contribution in [2.75, 3.05) is 19.8 Å². The summed E-state index contributed by atoms with van der Waals surface area (Å²) in [7, 11) is 0. The molecule has 1 saturated carbocycles. The highest BCUT2D eigenvalue weighted by atomic mass is 16.5. The van der Waals surface area contributed by atoms with Gasteiger partial charge >= 0.3 is 6.03 Å². The maximum absolute atomic E-state index is 12.5. The second-order valence-electron chi connectivity index (χ2n) is 5.88. The Kier molecular flexibility index (Phi) is 4.98. The zero-order valence-electron chi connectivity index (χ0n) is 12.8. The minimum Gasteiger partial charge on any atom is -0.381 e. The van der Waals surface area contributed by atoms with Crippen LogP contribution >= 0.6 is 0 Å². The Hall–Kier alpha value is -1.43. The Bertz CT molecular complexity index is 427. The van der Waals surface area contributed by atoms with Crippen molar-refractivity contribution in [1.82, 2.24) is 10.2 Å². The van der Waals surface area contributed by atoms with Crippen molar-refractivity contribution in [1.29, 1.82) is 0 Å². The van der Waals surface area contributed by atoms with Gasteiger partial charge in [0, 0.05) is 19.8 Å². The molecule has 1 aliphatic carbocycles. The van der Waals surface area contributed by atoms with Gasteiger partial charge in [-0.3, -0.25) is 19.8 Å². The molecule has 0 spiro atoms. The first-order valence-corrected chi connectivity index (χ1v) is 7.80. The standard InChI is InChI=1S/C15H24N2O4/c1-3-15(4-2)12(18)16-14(20)17(13(15)19)8-5-9-21-10-11-6-7-11/h11H,3-10H2,1-2H3,(H,16,18,20). The molecule has 118 valence electrons. The zero-order valence-corrected chi connectivity index (χ0v) is 12.8. The second-order valence-corrected chi connectivity index (χ2v) is 5.88. The third kappa shape index (κ3) is 3.26. The number of hydrogen-bond acceptors (Lipinski definition) is 4. The summed E-state index contributed by atoms with van der Waals surface area (Å²) < 4.78 is 5.51. The Morgan fingerprint density at radius 2 is 1.90 bits per heavy atom. The van der Waals surface area contributed by atoms with Crippen LogP contribution in [0.25, 0.3) is 0 Å². The first kappa shape index (κ1) is 15.9. The fraction of sp³-hybridized carbons (Fsp3) is 0.800. The molecular weight excluding hydrogens is 272 g/mol. The van der Waals surface area contributed by atoms with E-state index in [-0.39, 0.29) is 5.91 Å². The molecule has 21 heavy (non-hydrogen) atoms. The van der Waals surface area contributed by atoms with E-state index in [2.05, 4.69) is 5.32 Å². The number of urea groups is 1. The summed E-state index contributed by atoms with van der Waals surface area (Å²) in [6.07, 6.45) is 3.88. The molecule has 1 saturated heterocycles. The molecule has 0 radical (unpaired) electrons. The SMILES string of the molecule is CCC1(CC)C(=O)NC(=O)N(CCCOCC2CC2)C1=O. The smallest absolute Gasteiger partial charge is 0.330 e. The van der Waals surface area contributed by atoms with Gasteiger partial charge < -0.3 is 4.74 Å². The molecule has 0 atom stereocenters. The van der Waals surface area contributed by atoms with Crippen molar-refractivity contribution in [2.24, 2.45) is 11.3 Å². The van der Waals surface area contributed by atoms with E-state index >= 15 is 0 Å². The molecule has 0 aromatic carbocycles. The van der Waals surface area contributed by atoms with Crippen LogP contribution in [-0.4, -0.2) is 42.5 Å². The van der Waals surface area contributed by atoms with Gasteiger partial charge in [-0.05, 0) is 38.0 Å². The lowest BCUT2D eigenvalue weighted by Gasteiger charge is -2.38. The molecule has 0 bridgehead atoms. The van der Waals surface area contributed by atoms with Crippen LogP contribution < -0.4 is 5.32 Å². The van der Waals surface area contributed by atoms with Gasteiger partial charge in [-0.1, -0.05) is 13.8 Å². The summed E-state index contributed by atoms with van der Waals surface area (Å²) in [6, 6.07) is -0.607. The Balaban J connectivity index is 1.88. The van der Waals surface area contributed by atoms with Gasteiger partial charge in [-0.15, -0.1) is 0 Å². The number of amides is 4. The number of carbonyl (C=O) groups is 3. The second kappa shape index (κ2) is 6.56. The zero-order chi connectivity index (χ0) is 15.5. The number of barbiturate groups is 1. The lowest BCUT2D eigenvalue weighted by atomic mass is 9.78. The van der Waals surface area contributed by atoms with E-state index in [9.17, 15) is 14.4 Å². The molecule has 6 nitrogen and oxygen atoms in total. The van der Waals surface area contributed by atoms with E-state index in [0.29, 0.717) is 38.3 Å². The summed E-state index contributed by atoms with van der Waals surface area (Å²) in [5.41, 5.74) is -1.09. The van der Waals surface area contributed by atoms with Crippen molar-refractivity contribution < 1.29 is 19.1 Å². The predicted molar refractivity (Wildman–Crippen MR) is 76.4 cm³/mol. The minimum atomic E-state index is -1.09. The van der Waals surface area contributed by atoms with Crippen LogP contribution in [0.2, 0.25) is 0 Å². The molecule has 0 aromatic heterocycles. The van der Waals surface area contributed by atoms with Gasteiger partial charge in [0.15, 0.2) is 0 Å². The highest BCUT2D eigenvalue weighted by molar-refractivity contribution is 6.19. The van der Waals surface area contributed by atoms with Crippen LogP contribution in [0.1, 0.15) is 46.0 Å². The first-order valence-electron chi connectivity index (χ1n) is 7.80. The quantitative estimate of drug-likeness (QED) is 0.546. The third-order valence-electron chi connectivity index (χ3n) is 4.48. The molecule has 2 fully saturated rings. The van der Waals surface area contributed by atoms with Crippen molar-refractivity contribution >= 4 is 17.8 Å². The van der Waals surface area contributed by atoms with Gasteiger partial charge in [0.05, 0.1) is 0 Å². The third-order valence-corrected chi connectivity index (χ3v) is 4.48. The number of rotatable bonds is 8. The molecule has 6 heteroatoms. The summed E-state index contributed by atoms with van der Waals surface area (Å²) in [4.78, 5) is 37.5. The first-order chi connectivity index (χ1) is 10.0. The normalized spacial score (nSPS) is 21.6. The number of nitrogens with zero attached hydrogens (tertiary/aromatic N) is 1. The van der Waals surface area contributed by atoms with E-state index < -0.39 is 17.4 Å². The van der Waals surface area contributed by atoms with Crippen LogP contribution in [0.4, 0.5) is 4.79 Å². The summed E-state index contributed by atoms with van der Waals surface area (Å²) >= 11 is 0. The average Bonchev–Trinajstić information content (AvgIpc) is 3.27. The molecule has 4 amide bonds. The van der Waals surface area contributed by atoms with Crippen molar-refractivity contribution in [3.8, 4) is 0 Å². The molecular formula is C15H24N2O4. The number of nitrogens with one attached hydrogen (secondary N) is 1. The van der Waals surface area contributed by atoms with Crippen LogP contribution in [0.15, 0.2) is 0 Å². The summed E-state index contributed by atoms with van der Waals surface area (Å²) in [5.74, 6) is -0.137. The lowest BCUT2D eigenvalue weighted by molar-refractivity contribution is -0.152. The average molecular weight is 296 g/mol.